The number of thioether (sulfide) groups is 1. The van der Waals surface area contributed by atoms with Gasteiger partial charge >= 0.3 is 0 Å². The quantitative estimate of drug-likeness (QED) is 0.276. The van der Waals surface area contributed by atoms with Gasteiger partial charge in [0.25, 0.3) is 5.91 Å². The fraction of sp³-hybridized carbons (Fsp3) is 0.292. The van der Waals surface area contributed by atoms with Crippen molar-refractivity contribution in [2.24, 2.45) is 10.2 Å². The number of carbonyl (C=O) groups is 1. The third-order valence-electron chi connectivity index (χ3n) is 5.29. The molecule has 0 saturated carbocycles. The Kier molecular flexibility index (Phi) is 6.33. The third kappa shape index (κ3) is 4.83. The maximum absolute atomic E-state index is 12.3. The van der Waals surface area contributed by atoms with Crippen LogP contribution in [-0.4, -0.2) is 36.5 Å². The van der Waals surface area contributed by atoms with Crippen molar-refractivity contribution < 1.29 is 9.90 Å². The van der Waals surface area contributed by atoms with Gasteiger partial charge in [0, 0.05) is 17.5 Å². The molecule has 0 aliphatic heterocycles. The largest absolute Gasteiger partial charge is 0.493 e. The number of azo groups is 1. The Hall–Kier alpha value is -3.46. The molecule has 0 spiro atoms. The van der Waals surface area contributed by atoms with Crippen molar-refractivity contribution in [3.8, 4) is 17.3 Å². The number of para-hydroxylation sites is 1. The van der Waals surface area contributed by atoms with Crippen LogP contribution in [-0.2, 0) is 16.8 Å². The highest BCUT2D eigenvalue weighted by Crippen LogP contribution is 2.35. The molecule has 0 radical (unpaired) electrons. The highest BCUT2D eigenvalue weighted by molar-refractivity contribution is 7.99. The van der Waals surface area contributed by atoms with Crippen molar-refractivity contribution >= 4 is 34.3 Å². The lowest BCUT2D eigenvalue weighted by Crippen LogP contribution is -2.10. The molecule has 0 saturated heterocycles. The standard InChI is InChI=1S/C24H26N6O2S/c1-5-30-21(15-10-12-16(13-11-15)24(2,3)4)28-29-23(30)33-14-19(31)26-27-20-17-8-6-7-9-18(17)25-22(20)32/h6-13,25,32H,5,14H2,1-4H3. The molecule has 0 aliphatic carbocycles. The number of carbonyl (C=O) groups excluding carboxylic acids is 1. The molecule has 0 atom stereocenters. The minimum atomic E-state index is -0.425. The summed E-state index contributed by atoms with van der Waals surface area (Å²) in [7, 11) is 0. The van der Waals surface area contributed by atoms with Crippen LogP contribution in [0.4, 0.5) is 5.69 Å². The van der Waals surface area contributed by atoms with Crippen LogP contribution < -0.4 is 0 Å². The molecule has 0 aliphatic rings. The Morgan fingerprint density at radius 2 is 1.85 bits per heavy atom. The van der Waals surface area contributed by atoms with E-state index in [4.69, 9.17) is 0 Å². The van der Waals surface area contributed by atoms with E-state index in [1.165, 1.54) is 17.3 Å². The second-order valence-corrected chi connectivity index (χ2v) is 9.57. The maximum Gasteiger partial charge on any atom is 0.275 e. The number of benzene rings is 2. The zero-order chi connectivity index (χ0) is 23.6. The Bertz CT molecular complexity index is 1320. The molecule has 2 N–H and O–H groups in total. The number of fused-ring (bicyclic) bond motifs is 1. The summed E-state index contributed by atoms with van der Waals surface area (Å²) in [4.78, 5) is 15.2. The molecule has 170 valence electrons. The Labute approximate surface area is 196 Å². The van der Waals surface area contributed by atoms with E-state index in [0.717, 1.165) is 16.9 Å². The van der Waals surface area contributed by atoms with Crippen LogP contribution in [0, 0.1) is 0 Å². The first-order valence-electron chi connectivity index (χ1n) is 10.7. The predicted molar refractivity (Wildman–Crippen MR) is 130 cm³/mol. The number of hydrogen-bond donors (Lipinski definition) is 2. The smallest absolute Gasteiger partial charge is 0.275 e. The predicted octanol–water partition coefficient (Wildman–Crippen LogP) is 5.85. The van der Waals surface area contributed by atoms with Crippen molar-refractivity contribution in [2.45, 2.75) is 44.8 Å². The summed E-state index contributed by atoms with van der Waals surface area (Å²) < 4.78 is 1.98. The summed E-state index contributed by atoms with van der Waals surface area (Å²) in [5, 5.41) is 27.8. The zero-order valence-electron chi connectivity index (χ0n) is 19.0. The molecule has 0 bridgehead atoms. The molecule has 4 aromatic rings. The van der Waals surface area contributed by atoms with Crippen LogP contribution in [0.5, 0.6) is 5.88 Å². The Balaban J connectivity index is 1.46. The lowest BCUT2D eigenvalue weighted by molar-refractivity contribution is -0.115. The molecule has 8 nitrogen and oxygen atoms in total. The van der Waals surface area contributed by atoms with Crippen LogP contribution in [0.15, 0.2) is 63.9 Å². The summed E-state index contributed by atoms with van der Waals surface area (Å²) in [5.74, 6) is 0.283. The van der Waals surface area contributed by atoms with E-state index < -0.39 is 5.91 Å². The zero-order valence-corrected chi connectivity index (χ0v) is 19.8. The number of aromatic hydroxyl groups is 1. The van der Waals surface area contributed by atoms with Crippen LogP contribution in [0.3, 0.4) is 0 Å². The van der Waals surface area contributed by atoms with Gasteiger partial charge in [-0.3, -0.25) is 4.79 Å². The monoisotopic (exact) mass is 462 g/mol. The molecular weight excluding hydrogens is 436 g/mol. The Morgan fingerprint density at radius 1 is 1.12 bits per heavy atom. The molecule has 4 rings (SSSR count). The molecule has 33 heavy (non-hydrogen) atoms. The van der Waals surface area contributed by atoms with Gasteiger partial charge in [-0.25, -0.2) is 0 Å². The van der Waals surface area contributed by atoms with E-state index in [-0.39, 0.29) is 22.7 Å². The van der Waals surface area contributed by atoms with Gasteiger partial charge in [0.05, 0.1) is 11.3 Å². The summed E-state index contributed by atoms with van der Waals surface area (Å²) >= 11 is 1.26. The van der Waals surface area contributed by atoms with Crippen LogP contribution in [0.2, 0.25) is 0 Å². The number of amides is 1. The van der Waals surface area contributed by atoms with Crippen LogP contribution in [0.25, 0.3) is 22.3 Å². The number of nitrogens with zero attached hydrogens (tertiary/aromatic N) is 5. The average molecular weight is 463 g/mol. The normalized spacial score (nSPS) is 12.1. The van der Waals surface area contributed by atoms with Crippen molar-refractivity contribution in [1.29, 1.82) is 0 Å². The number of rotatable bonds is 6. The molecule has 9 heteroatoms. The molecule has 2 aromatic heterocycles. The average Bonchev–Trinajstić information content (AvgIpc) is 3.35. The van der Waals surface area contributed by atoms with Crippen molar-refractivity contribution in [3.05, 3.63) is 54.1 Å². The minimum Gasteiger partial charge on any atom is -0.493 e. The first kappa shape index (κ1) is 22.7. The van der Waals surface area contributed by atoms with E-state index in [0.29, 0.717) is 17.1 Å². The van der Waals surface area contributed by atoms with Gasteiger partial charge in [0.1, 0.15) is 0 Å². The Morgan fingerprint density at radius 3 is 2.55 bits per heavy atom. The van der Waals surface area contributed by atoms with Gasteiger partial charge in [0.15, 0.2) is 16.7 Å². The molecule has 2 heterocycles. The molecule has 1 amide bonds. The highest BCUT2D eigenvalue weighted by atomic mass is 32.2. The van der Waals surface area contributed by atoms with Gasteiger partial charge in [-0.15, -0.1) is 20.4 Å². The number of nitrogens with one attached hydrogen (secondary N) is 1. The summed E-state index contributed by atoms with van der Waals surface area (Å²) in [5.41, 5.74) is 3.29. The molecule has 2 aromatic carbocycles. The van der Waals surface area contributed by atoms with Crippen molar-refractivity contribution in [1.82, 2.24) is 19.7 Å². The van der Waals surface area contributed by atoms with E-state index in [2.05, 4.69) is 70.4 Å². The van der Waals surface area contributed by atoms with E-state index >= 15 is 0 Å². The maximum atomic E-state index is 12.3. The second kappa shape index (κ2) is 9.19. The topological polar surface area (TPSA) is 109 Å². The number of aromatic amines is 1. The van der Waals surface area contributed by atoms with Gasteiger partial charge in [0.2, 0.25) is 5.88 Å². The second-order valence-electron chi connectivity index (χ2n) is 8.63. The summed E-state index contributed by atoms with van der Waals surface area (Å²) in [6.07, 6.45) is 0. The summed E-state index contributed by atoms with van der Waals surface area (Å²) in [6.45, 7) is 9.23. The lowest BCUT2D eigenvalue weighted by Gasteiger charge is -2.19. The van der Waals surface area contributed by atoms with E-state index in [9.17, 15) is 9.90 Å². The highest BCUT2D eigenvalue weighted by Gasteiger charge is 2.17. The van der Waals surface area contributed by atoms with Crippen LogP contribution >= 0.6 is 11.8 Å². The van der Waals surface area contributed by atoms with E-state index in [1.54, 1.807) is 6.07 Å². The van der Waals surface area contributed by atoms with Crippen LogP contribution in [0.1, 0.15) is 33.3 Å². The lowest BCUT2D eigenvalue weighted by atomic mass is 9.87. The molecular formula is C24H26N6O2S. The number of aromatic nitrogens is 4. The number of hydrogen-bond acceptors (Lipinski definition) is 6. The first-order chi connectivity index (χ1) is 15.8. The van der Waals surface area contributed by atoms with E-state index in [1.807, 2.05) is 29.7 Å². The number of H-pyrrole nitrogens is 1. The summed E-state index contributed by atoms with van der Waals surface area (Å²) in [6, 6.07) is 15.6. The SMILES string of the molecule is CCn1c(SCC(=O)N=Nc2c(O)[nH]c3ccccc23)nnc1-c1ccc(C(C)(C)C)cc1. The van der Waals surface area contributed by atoms with Gasteiger partial charge in [-0.05, 0) is 24.0 Å². The van der Waals surface area contributed by atoms with Crippen molar-refractivity contribution in [3.63, 3.8) is 0 Å². The molecule has 0 unspecified atom stereocenters. The van der Waals surface area contributed by atoms with Crippen molar-refractivity contribution in [2.75, 3.05) is 5.75 Å². The fourth-order valence-electron chi connectivity index (χ4n) is 3.49. The van der Waals surface area contributed by atoms with Gasteiger partial charge < -0.3 is 14.7 Å². The minimum absolute atomic E-state index is 0.0632. The first-order valence-corrected chi connectivity index (χ1v) is 11.7. The van der Waals surface area contributed by atoms with Gasteiger partial charge in [-0.1, -0.05) is 75.0 Å². The molecule has 0 fully saturated rings. The van der Waals surface area contributed by atoms with Gasteiger partial charge in [-0.2, -0.15) is 0 Å². The fourth-order valence-corrected chi connectivity index (χ4v) is 4.27. The third-order valence-corrected chi connectivity index (χ3v) is 6.24.